The molecule has 1 aliphatic carbocycles. The van der Waals surface area contributed by atoms with E-state index in [0.29, 0.717) is 0 Å². The van der Waals surface area contributed by atoms with Crippen molar-refractivity contribution >= 4 is 16.6 Å². The summed E-state index contributed by atoms with van der Waals surface area (Å²) in [6.07, 6.45) is 6.79. The fraction of sp³-hybridized carbons (Fsp3) is 0.500. The highest BCUT2D eigenvalue weighted by atomic mass is 16.3. The monoisotopic (exact) mass is 284 g/mol. The molecule has 1 aliphatic rings. The van der Waals surface area contributed by atoms with Crippen molar-refractivity contribution in [2.45, 2.75) is 38.7 Å². The van der Waals surface area contributed by atoms with Crippen LogP contribution < -0.4 is 4.90 Å². The van der Waals surface area contributed by atoms with Gasteiger partial charge in [-0.2, -0.15) is 0 Å². The van der Waals surface area contributed by atoms with Crippen molar-refractivity contribution in [3.63, 3.8) is 0 Å². The first kappa shape index (κ1) is 14.3. The molecule has 1 aromatic carbocycles. The summed E-state index contributed by atoms with van der Waals surface area (Å²) in [7, 11) is 2.13. The minimum absolute atomic E-state index is 0.00486. The highest BCUT2D eigenvalue weighted by molar-refractivity contribution is 5.92. The Kier molecular flexibility index (Phi) is 4.39. The number of anilines is 1. The van der Waals surface area contributed by atoms with Crippen LogP contribution in [-0.4, -0.2) is 23.7 Å². The highest BCUT2D eigenvalue weighted by Crippen LogP contribution is 2.29. The fourth-order valence-electron chi connectivity index (χ4n) is 3.45. The Balaban J connectivity index is 1.90. The van der Waals surface area contributed by atoms with E-state index in [2.05, 4.69) is 35.1 Å². The maximum Gasteiger partial charge on any atom is 0.136 e. The Morgan fingerprint density at radius 3 is 2.71 bits per heavy atom. The van der Waals surface area contributed by atoms with Gasteiger partial charge in [-0.15, -0.1) is 0 Å². The number of fused-ring (bicyclic) bond motifs is 1. The number of rotatable bonds is 4. The Hall–Kier alpha value is -1.61. The Morgan fingerprint density at radius 1 is 1.19 bits per heavy atom. The summed E-state index contributed by atoms with van der Waals surface area (Å²) in [4.78, 5) is 6.94. The second kappa shape index (κ2) is 6.44. The molecule has 1 heterocycles. The van der Waals surface area contributed by atoms with Crippen LogP contribution in [-0.2, 0) is 6.61 Å². The molecule has 3 rings (SSSR count). The average Bonchev–Trinajstić information content (AvgIpc) is 2.54. The van der Waals surface area contributed by atoms with E-state index < -0.39 is 0 Å². The molecule has 1 fully saturated rings. The predicted octanol–water partition coefficient (Wildman–Crippen LogP) is 3.74. The number of hydrogen-bond acceptors (Lipinski definition) is 3. The Labute approximate surface area is 126 Å². The summed E-state index contributed by atoms with van der Waals surface area (Å²) < 4.78 is 0. The van der Waals surface area contributed by atoms with E-state index in [-0.39, 0.29) is 6.61 Å². The van der Waals surface area contributed by atoms with Gasteiger partial charge in [0.15, 0.2) is 0 Å². The Bertz CT molecular complexity index is 605. The van der Waals surface area contributed by atoms with Crippen molar-refractivity contribution < 1.29 is 5.11 Å². The number of pyridine rings is 1. The van der Waals surface area contributed by atoms with Gasteiger partial charge in [-0.25, -0.2) is 4.98 Å². The number of aliphatic hydroxyl groups is 1. The zero-order valence-corrected chi connectivity index (χ0v) is 12.8. The lowest BCUT2D eigenvalue weighted by molar-refractivity contribution is 0.277. The fourth-order valence-corrected chi connectivity index (χ4v) is 3.45. The maximum absolute atomic E-state index is 9.44. The molecule has 0 spiro atoms. The third kappa shape index (κ3) is 3.18. The molecule has 0 atom stereocenters. The molecule has 21 heavy (non-hydrogen) atoms. The summed E-state index contributed by atoms with van der Waals surface area (Å²) in [6.45, 7) is 1.06. The average molecular weight is 284 g/mol. The van der Waals surface area contributed by atoms with Crippen LogP contribution in [0.25, 0.3) is 10.8 Å². The lowest BCUT2D eigenvalue weighted by Crippen LogP contribution is -2.27. The maximum atomic E-state index is 9.44. The normalized spacial score (nSPS) is 16.3. The van der Waals surface area contributed by atoms with Crippen molar-refractivity contribution in [1.82, 2.24) is 4.98 Å². The summed E-state index contributed by atoms with van der Waals surface area (Å²) in [5.41, 5.74) is 0.749. The quantitative estimate of drug-likeness (QED) is 0.929. The molecule has 0 unspecified atom stereocenters. The molecular formula is C18H24N2O. The molecule has 2 aromatic rings. The van der Waals surface area contributed by atoms with Gasteiger partial charge in [-0.05, 0) is 30.2 Å². The first-order valence-corrected chi connectivity index (χ1v) is 7.98. The standard InChI is InChI=1S/C18H24N2O/c1-20(12-14-7-3-2-4-8-14)18-17-10-6-5-9-15(17)11-16(13-21)19-18/h5-6,9-11,14,21H,2-4,7-8,12-13H2,1H3. The lowest BCUT2D eigenvalue weighted by atomic mass is 9.89. The van der Waals surface area contributed by atoms with Crippen molar-refractivity contribution in [3.8, 4) is 0 Å². The van der Waals surface area contributed by atoms with E-state index in [1.54, 1.807) is 0 Å². The van der Waals surface area contributed by atoms with Crippen molar-refractivity contribution in [2.75, 3.05) is 18.5 Å². The topological polar surface area (TPSA) is 36.4 Å². The van der Waals surface area contributed by atoms with Crippen molar-refractivity contribution in [1.29, 1.82) is 0 Å². The third-order valence-electron chi connectivity index (χ3n) is 4.55. The molecule has 0 radical (unpaired) electrons. The zero-order valence-electron chi connectivity index (χ0n) is 12.8. The van der Waals surface area contributed by atoms with Crippen LogP contribution in [0.5, 0.6) is 0 Å². The molecule has 1 saturated carbocycles. The second-order valence-corrected chi connectivity index (χ2v) is 6.20. The van der Waals surface area contributed by atoms with Crippen LogP contribution in [0.15, 0.2) is 30.3 Å². The van der Waals surface area contributed by atoms with Crippen LogP contribution in [0.2, 0.25) is 0 Å². The van der Waals surface area contributed by atoms with Gasteiger partial charge in [0, 0.05) is 19.0 Å². The number of hydrogen-bond donors (Lipinski definition) is 1. The largest absolute Gasteiger partial charge is 0.390 e. The number of benzene rings is 1. The molecule has 3 heteroatoms. The molecule has 1 N–H and O–H groups in total. The molecule has 0 amide bonds. The summed E-state index contributed by atoms with van der Waals surface area (Å²) in [5.74, 6) is 1.78. The van der Waals surface area contributed by atoms with E-state index >= 15 is 0 Å². The molecule has 3 nitrogen and oxygen atoms in total. The van der Waals surface area contributed by atoms with Gasteiger partial charge in [0.2, 0.25) is 0 Å². The van der Waals surface area contributed by atoms with E-state index in [4.69, 9.17) is 0 Å². The van der Waals surface area contributed by atoms with Gasteiger partial charge in [0.1, 0.15) is 5.82 Å². The summed E-state index contributed by atoms with van der Waals surface area (Å²) in [5, 5.41) is 11.8. The van der Waals surface area contributed by atoms with E-state index in [1.807, 2.05) is 12.1 Å². The van der Waals surface area contributed by atoms with Gasteiger partial charge in [0.05, 0.1) is 12.3 Å². The zero-order chi connectivity index (χ0) is 14.7. The van der Waals surface area contributed by atoms with Gasteiger partial charge in [-0.1, -0.05) is 43.5 Å². The van der Waals surface area contributed by atoms with Crippen LogP contribution in [0.3, 0.4) is 0 Å². The smallest absolute Gasteiger partial charge is 0.136 e. The minimum atomic E-state index is -0.00486. The van der Waals surface area contributed by atoms with Crippen LogP contribution in [0.1, 0.15) is 37.8 Å². The Morgan fingerprint density at radius 2 is 1.95 bits per heavy atom. The van der Waals surface area contributed by atoms with Crippen LogP contribution >= 0.6 is 0 Å². The van der Waals surface area contributed by atoms with Gasteiger partial charge < -0.3 is 10.0 Å². The predicted molar refractivity (Wildman–Crippen MR) is 87.5 cm³/mol. The van der Waals surface area contributed by atoms with Crippen molar-refractivity contribution in [3.05, 3.63) is 36.0 Å². The third-order valence-corrected chi connectivity index (χ3v) is 4.55. The minimum Gasteiger partial charge on any atom is -0.390 e. The summed E-state index contributed by atoms with van der Waals surface area (Å²) >= 11 is 0. The molecule has 0 bridgehead atoms. The van der Waals surface area contributed by atoms with Gasteiger partial charge in [-0.3, -0.25) is 0 Å². The van der Waals surface area contributed by atoms with Gasteiger partial charge in [0.25, 0.3) is 0 Å². The molecule has 1 aromatic heterocycles. The summed E-state index contributed by atoms with van der Waals surface area (Å²) in [6, 6.07) is 10.3. The van der Waals surface area contributed by atoms with Crippen molar-refractivity contribution in [2.24, 2.45) is 5.92 Å². The molecule has 0 aliphatic heterocycles. The van der Waals surface area contributed by atoms with Crippen LogP contribution in [0, 0.1) is 5.92 Å². The highest BCUT2D eigenvalue weighted by Gasteiger charge is 2.17. The molecule has 0 saturated heterocycles. The van der Waals surface area contributed by atoms with E-state index in [0.717, 1.165) is 29.4 Å². The number of aliphatic hydroxyl groups excluding tert-OH is 1. The first-order valence-electron chi connectivity index (χ1n) is 7.98. The van der Waals surface area contributed by atoms with Gasteiger partial charge >= 0.3 is 0 Å². The lowest BCUT2D eigenvalue weighted by Gasteiger charge is -2.28. The molecular weight excluding hydrogens is 260 g/mol. The van der Waals surface area contributed by atoms with Crippen LogP contribution in [0.4, 0.5) is 5.82 Å². The van der Waals surface area contributed by atoms with E-state index in [1.165, 1.54) is 37.5 Å². The first-order chi connectivity index (χ1) is 10.3. The SMILES string of the molecule is CN(CC1CCCCC1)c1nc(CO)cc2ccccc12. The van der Waals surface area contributed by atoms with E-state index in [9.17, 15) is 5.11 Å². The number of nitrogens with zero attached hydrogens (tertiary/aromatic N) is 2. The molecule has 112 valence electrons. The number of aromatic nitrogens is 1. The second-order valence-electron chi connectivity index (χ2n) is 6.20.